The van der Waals surface area contributed by atoms with E-state index in [-0.39, 0.29) is 81.7 Å². The molecule has 0 fully saturated rings. The molecule has 28 heavy (non-hydrogen) atoms. The Balaban J connectivity index is 0. The standard InChI is InChI=1S/C20H37BN3O3.Sm/c1-7-8-19(3,4)13-24-17(26)10-15(18(22)27)9-16(25)23-12-14(2)11-20(5,6)21;/h7,14-15H,8-13H2,1-6H3,(H2,22,27)(H,23,25)(H,24,26);/q-1;. The number of hydrogen-bond acceptors (Lipinski definition) is 3. The van der Waals surface area contributed by atoms with Gasteiger partial charge in [-0.25, -0.2) is 0 Å². The van der Waals surface area contributed by atoms with Crippen LogP contribution in [-0.4, -0.2) is 38.7 Å². The molecule has 2 atom stereocenters. The first kappa shape index (κ1) is 30.0. The van der Waals surface area contributed by atoms with Gasteiger partial charge in [-0.2, -0.15) is 13.3 Å². The van der Waals surface area contributed by atoms with Gasteiger partial charge in [-0.3, -0.25) is 14.4 Å². The Morgan fingerprint density at radius 1 is 1.07 bits per heavy atom. The maximum atomic E-state index is 12.1. The first-order valence-corrected chi connectivity index (χ1v) is 9.65. The van der Waals surface area contributed by atoms with Crippen LogP contribution in [0.4, 0.5) is 0 Å². The van der Waals surface area contributed by atoms with Crippen LogP contribution in [0.5, 0.6) is 0 Å². The van der Waals surface area contributed by atoms with Gasteiger partial charge in [0, 0.05) is 66.3 Å². The predicted octanol–water partition coefficient (Wildman–Crippen LogP) is 2.13. The maximum Gasteiger partial charge on any atom is 0.221 e. The summed E-state index contributed by atoms with van der Waals surface area (Å²) >= 11 is 0. The second-order valence-electron chi connectivity index (χ2n) is 9.16. The van der Waals surface area contributed by atoms with E-state index in [1.165, 1.54) is 0 Å². The summed E-state index contributed by atoms with van der Waals surface area (Å²) in [6.45, 7) is 12.9. The van der Waals surface area contributed by atoms with Gasteiger partial charge >= 0.3 is 0 Å². The molecule has 0 saturated heterocycles. The largest absolute Gasteiger partial charge is 0.369 e. The van der Waals surface area contributed by atoms with E-state index in [9.17, 15) is 14.4 Å². The van der Waals surface area contributed by atoms with Crippen LogP contribution in [0.25, 0.3) is 0 Å². The van der Waals surface area contributed by atoms with E-state index in [0.717, 1.165) is 12.8 Å². The van der Waals surface area contributed by atoms with Crippen molar-refractivity contribution in [1.82, 2.24) is 10.6 Å². The summed E-state index contributed by atoms with van der Waals surface area (Å²) in [7, 11) is 5.98. The van der Waals surface area contributed by atoms with Crippen LogP contribution < -0.4 is 16.4 Å². The third-order valence-corrected chi connectivity index (χ3v) is 4.31. The molecule has 0 aliphatic heterocycles. The van der Waals surface area contributed by atoms with Crippen molar-refractivity contribution in [2.45, 2.75) is 72.5 Å². The topological polar surface area (TPSA) is 101 Å². The molecule has 8 heteroatoms. The average Bonchev–Trinajstić information content (AvgIpc) is 2.48. The smallest absolute Gasteiger partial charge is 0.221 e. The molecule has 6 nitrogen and oxygen atoms in total. The number of rotatable bonds is 13. The van der Waals surface area contributed by atoms with E-state index >= 15 is 0 Å². The molecule has 160 valence electrons. The Morgan fingerprint density at radius 2 is 1.57 bits per heavy atom. The van der Waals surface area contributed by atoms with Gasteiger partial charge < -0.3 is 22.8 Å². The number of carbonyl (C=O) groups is 3. The maximum absolute atomic E-state index is 12.1. The van der Waals surface area contributed by atoms with Crippen LogP contribution in [0.1, 0.15) is 67.2 Å². The van der Waals surface area contributed by atoms with E-state index < -0.39 is 11.8 Å². The Bertz CT molecular complexity index is 507. The first-order valence-electron chi connectivity index (χ1n) is 9.65. The molecule has 2 radical (unpaired) electrons. The van der Waals surface area contributed by atoms with Crippen LogP contribution in [0, 0.1) is 64.1 Å². The fraction of sp³-hybridized carbons (Fsp3) is 0.800. The molecule has 2 unspecified atom stereocenters. The average molecular weight is 529 g/mol. The van der Waals surface area contributed by atoms with Crippen molar-refractivity contribution in [3.05, 3.63) is 6.42 Å². The fourth-order valence-corrected chi connectivity index (χ4v) is 3.09. The minimum atomic E-state index is -0.813. The SMILES string of the molecule is [B]C(C)(C)CC(C)CNC(=O)CC(CC(=O)NCC(C)(C)C[CH-]C)C(N)=O.[Sm]. The summed E-state index contributed by atoms with van der Waals surface area (Å²) in [4.78, 5) is 35.9. The summed E-state index contributed by atoms with van der Waals surface area (Å²) in [5.74, 6) is -1.80. The molecule has 4 N–H and O–H groups in total. The van der Waals surface area contributed by atoms with Gasteiger partial charge in [0.15, 0.2) is 0 Å². The van der Waals surface area contributed by atoms with Crippen LogP contribution >= 0.6 is 0 Å². The number of primary amides is 1. The van der Waals surface area contributed by atoms with Crippen LogP contribution in [-0.2, 0) is 14.4 Å². The molecule has 0 aliphatic carbocycles. The quantitative estimate of drug-likeness (QED) is 0.252. The summed E-state index contributed by atoms with van der Waals surface area (Å²) in [6, 6.07) is 0. The van der Waals surface area contributed by atoms with Gasteiger partial charge in [0.25, 0.3) is 0 Å². The zero-order valence-electron chi connectivity index (χ0n) is 18.3. The van der Waals surface area contributed by atoms with Crippen LogP contribution in [0.3, 0.4) is 0 Å². The van der Waals surface area contributed by atoms with Gasteiger partial charge in [-0.05, 0) is 11.3 Å². The van der Waals surface area contributed by atoms with E-state index in [1.54, 1.807) is 0 Å². The second-order valence-corrected chi connectivity index (χ2v) is 9.16. The summed E-state index contributed by atoms with van der Waals surface area (Å²) in [6.07, 6.45) is 3.51. The third kappa shape index (κ3) is 15.7. The monoisotopic (exact) mass is 530 g/mol. The van der Waals surface area contributed by atoms with Crippen molar-refractivity contribution >= 4 is 25.6 Å². The molecule has 0 rings (SSSR count). The molecule has 0 aromatic carbocycles. The normalized spacial score (nSPS) is 13.8. The molecule has 0 heterocycles. The van der Waals surface area contributed by atoms with Crippen molar-refractivity contribution in [2.75, 3.05) is 13.1 Å². The number of carbonyl (C=O) groups excluding carboxylic acids is 3. The van der Waals surface area contributed by atoms with Gasteiger partial charge in [-0.15, -0.1) is 0 Å². The first-order chi connectivity index (χ1) is 12.3. The summed E-state index contributed by atoms with van der Waals surface area (Å²) in [5, 5.41) is 5.32. The summed E-state index contributed by atoms with van der Waals surface area (Å²) < 4.78 is 0. The fourth-order valence-electron chi connectivity index (χ4n) is 3.09. The molecule has 0 aromatic rings. The zero-order chi connectivity index (χ0) is 21.3. The Kier molecular flexibility index (Phi) is 14.9. The number of amides is 3. The molecule has 0 aliphatic rings. The van der Waals surface area contributed by atoms with Crippen molar-refractivity contribution in [2.24, 2.45) is 23.0 Å². The van der Waals surface area contributed by atoms with E-state index in [1.807, 2.05) is 27.7 Å². The molecule has 3 amide bonds. The minimum Gasteiger partial charge on any atom is -0.369 e. The third-order valence-electron chi connectivity index (χ3n) is 4.31. The van der Waals surface area contributed by atoms with E-state index in [2.05, 4.69) is 30.9 Å². The van der Waals surface area contributed by atoms with Gasteiger partial charge in [0.1, 0.15) is 0 Å². The zero-order valence-corrected chi connectivity index (χ0v) is 20.9. The van der Waals surface area contributed by atoms with Crippen molar-refractivity contribution in [3.63, 3.8) is 0 Å². The summed E-state index contributed by atoms with van der Waals surface area (Å²) in [5.41, 5.74) is 5.32. The number of hydrogen-bond donors (Lipinski definition) is 3. The van der Waals surface area contributed by atoms with E-state index in [4.69, 9.17) is 13.6 Å². The van der Waals surface area contributed by atoms with Gasteiger partial charge in [0.05, 0.1) is 13.8 Å². The van der Waals surface area contributed by atoms with Crippen molar-refractivity contribution in [3.8, 4) is 0 Å². The molecular formula is C20H37BN3O3Sm-. The van der Waals surface area contributed by atoms with Gasteiger partial charge in [-0.1, -0.05) is 46.4 Å². The molecule has 0 bridgehead atoms. The Labute approximate surface area is 204 Å². The Morgan fingerprint density at radius 3 is 2.00 bits per heavy atom. The molecule has 0 spiro atoms. The number of nitrogens with one attached hydrogen (secondary N) is 2. The molecule has 0 aromatic heterocycles. The van der Waals surface area contributed by atoms with Crippen LogP contribution in [0.2, 0.25) is 5.31 Å². The van der Waals surface area contributed by atoms with E-state index in [0.29, 0.717) is 13.1 Å². The molecule has 0 saturated carbocycles. The van der Waals surface area contributed by atoms with Crippen molar-refractivity contribution in [1.29, 1.82) is 0 Å². The van der Waals surface area contributed by atoms with Crippen LogP contribution in [0.15, 0.2) is 0 Å². The molecular weight excluding hydrogens is 491 g/mol. The number of nitrogens with two attached hydrogens (primary N) is 1. The predicted molar refractivity (Wildman–Crippen MR) is 110 cm³/mol. The minimum absolute atomic E-state index is 0. The van der Waals surface area contributed by atoms with Gasteiger partial charge in [0.2, 0.25) is 17.7 Å². The second kappa shape index (κ2) is 13.9. The van der Waals surface area contributed by atoms with Crippen molar-refractivity contribution < 1.29 is 54.8 Å². The Hall–Kier alpha value is -0.187.